The molecule has 0 atom stereocenters. The van der Waals surface area contributed by atoms with Crippen LogP contribution in [0.5, 0.6) is 0 Å². The minimum absolute atomic E-state index is 0.419. The Kier molecular flexibility index (Phi) is 2.60. The summed E-state index contributed by atoms with van der Waals surface area (Å²) < 4.78 is 24.1. The van der Waals surface area contributed by atoms with Crippen molar-refractivity contribution in [3.8, 4) is 0 Å². The second kappa shape index (κ2) is 3.23. The highest BCUT2D eigenvalue weighted by molar-refractivity contribution is 7.57. The number of hydrogen-bond acceptors (Lipinski definition) is 4. The molecule has 0 aromatic rings. The van der Waals surface area contributed by atoms with E-state index >= 15 is 0 Å². The van der Waals surface area contributed by atoms with E-state index in [1.54, 1.807) is 0 Å². The van der Waals surface area contributed by atoms with Crippen LogP contribution in [-0.4, -0.2) is 22.4 Å². The lowest BCUT2D eigenvalue weighted by molar-refractivity contribution is 0.00578. The van der Waals surface area contributed by atoms with Gasteiger partial charge in [-0.15, -0.1) is 18.1 Å². The Morgan fingerprint density at radius 2 is 0.647 bits per heavy atom. The maximum atomic E-state index is 6.03. The van der Waals surface area contributed by atoms with Gasteiger partial charge in [-0.25, -0.2) is 0 Å². The van der Waals surface area contributed by atoms with E-state index in [9.17, 15) is 0 Å². The van der Waals surface area contributed by atoms with Gasteiger partial charge in [-0.3, -0.25) is 0 Å². The van der Waals surface area contributed by atoms with Crippen molar-refractivity contribution in [3.63, 3.8) is 0 Å². The topological polar surface area (TPSA) is 36.9 Å². The molecule has 0 unspecified atom stereocenters. The first kappa shape index (κ1) is 13.7. The van der Waals surface area contributed by atoms with Crippen molar-refractivity contribution in [1.29, 1.82) is 0 Å². The minimum atomic E-state index is -2.68. The van der Waals surface area contributed by atoms with Gasteiger partial charge >= 0.3 is 8.17 Å². The monoisotopic (exact) mass is 263 g/mol. The lowest BCUT2D eigenvalue weighted by Gasteiger charge is -2.23. The molecule has 0 aromatic heterocycles. The first-order chi connectivity index (χ1) is 7.33. The largest absolute Gasteiger partial charge is 0.577 e. The maximum absolute atomic E-state index is 6.03. The second-order valence-corrected chi connectivity index (χ2v) is 8.48. The van der Waals surface area contributed by atoms with Crippen LogP contribution in [-0.2, 0) is 18.1 Å². The fourth-order valence-corrected chi connectivity index (χ4v) is 5.01. The molecule has 2 aliphatic rings. The molecule has 0 amide bonds. The van der Waals surface area contributed by atoms with E-state index in [-0.39, 0.29) is 0 Å². The molecule has 1 spiro atoms. The Balaban J connectivity index is 2.33. The molecule has 5 heteroatoms. The number of rotatable bonds is 0. The molecule has 2 fully saturated rings. The molecular formula is C12H24O4P+. The third-order valence-corrected chi connectivity index (χ3v) is 6.98. The molecule has 0 N–H and O–H groups in total. The molecule has 17 heavy (non-hydrogen) atoms. The van der Waals surface area contributed by atoms with Crippen LogP contribution >= 0.6 is 8.17 Å². The van der Waals surface area contributed by atoms with Crippen LogP contribution in [0.4, 0.5) is 0 Å². The van der Waals surface area contributed by atoms with Crippen LogP contribution in [0.15, 0.2) is 0 Å². The Labute approximate surface area is 105 Å². The predicted molar refractivity (Wildman–Crippen MR) is 67.6 cm³/mol. The summed E-state index contributed by atoms with van der Waals surface area (Å²) in [5, 5.41) is 0. The van der Waals surface area contributed by atoms with E-state index in [1.807, 2.05) is 55.4 Å². The third-order valence-electron chi connectivity index (χ3n) is 4.26. The molecule has 0 saturated carbocycles. The van der Waals surface area contributed by atoms with Gasteiger partial charge in [-0.2, -0.15) is 0 Å². The summed E-state index contributed by atoms with van der Waals surface area (Å²) >= 11 is 0. The van der Waals surface area contributed by atoms with E-state index in [0.717, 1.165) is 0 Å². The highest BCUT2D eigenvalue weighted by Gasteiger charge is 2.78. The molecule has 2 saturated heterocycles. The third kappa shape index (κ3) is 1.85. The SMILES string of the molecule is CC1(C)O[P+]2(OC1(C)C)OC(C)(C)C(C)(C)O2. The standard InChI is InChI=1S/C12H24O4P/c1-9(2)10(3,4)14-17(13-9)15-11(5,6)12(7,8)16-17/h1-8H3/q+1. The van der Waals surface area contributed by atoms with Crippen molar-refractivity contribution >= 4 is 8.17 Å². The van der Waals surface area contributed by atoms with Gasteiger partial charge in [-0.1, -0.05) is 0 Å². The maximum Gasteiger partial charge on any atom is 0.577 e. The van der Waals surface area contributed by atoms with Gasteiger partial charge in [0.25, 0.3) is 0 Å². The summed E-state index contributed by atoms with van der Waals surface area (Å²) in [6, 6.07) is 0. The molecule has 0 aliphatic carbocycles. The van der Waals surface area contributed by atoms with Crippen molar-refractivity contribution in [2.75, 3.05) is 0 Å². The van der Waals surface area contributed by atoms with E-state index in [2.05, 4.69) is 0 Å². The molecule has 4 nitrogen and oxygen atoms in total. The number of hydrogen-bond donors (Lipinski definition) is 0. The van der Waals surface area contributed by atoms with Crippen molar-refractivity contribution in [3.05, 3.63) is 0 Å². The van der Waals surface area contributed by atoms with E-state index in [1.165, 1.54) is 0 Å². The lowest BCUT2D eigenvalue weighted by Crippen LogP contribution is -2.41. The summed E-state index contributed by atoms with van der Waals surface area (Å²) in [5.74, 6) is 0. The zero-order valence-electron chi connectivity index (χ0n) is 12.1. The smallest absolute Gasteiger partial charge is 0.144 e. The normalized spacial score (nSPS) is 35.3. The molecular weight excluding hydrogens is 239 g/mol. The zero-order valence-corrected chi connectivity index (χ0v) is 13.0. The van der Waals surface area contributed by atoms with Crippen LogP contribution in [0.2, 0.25) is 0 Å². The summed E-state index contributed by atoms with van der Waals surface area (Å²) in [5.41, 5.74) is -1.68. The first-order valence-corrected chi connectivity index (χ1v) is 7.51. The Hall–Kier alpha value is 0.270. The molecule has 0 radical (unpaired) electrons. The van der Waals surface area contributed by atoms with Gasteiger partial charge in [0.2, 0.25) is 0 Å². The quantitative estimate of drug-likeness (QED) is 0.622. The zero-order chi connectivity index (χ0) is 13.3. The van der Waals surface area contributed by atoms with Crippen LogP contribution in [0.1, 0.15) is 55.4 Å². The van der Waals surface area contributed by atoms with Gasteiger partial charge in [-0.05, 0) is 55.4 Å². The van der Waals surface area contributed by atoms with E-state index in [4.69, 9.17) is 18.1 Å². The van der Waals surface area contributed by atoms with Crippen LogP contribution in [0, 0.1) is 0 Å². The van der Waals surface area contributed by atoms with E-state index in [0.29, 0.717) is 0 Å². The Morgan fingerprint density at radius 1 is 0.471 bits per heavy atom. The van der Waals surface area contributed by atoms with Gasteiger partial charge in [0, 0.05) is 0 Å². The minimum Gasteiger partial charge on any atom is -0.144 e. The fourth-order valence-electron chi connectivity index (χ4n) is 1.67. The average Bonchev–Trinajstić information content (AvgIpc) is 2.21. The molecule has 2 heterocycles. The van der Waals surface area contributed by atoms with Gasteiger partial charge in [0.15, 0.2) is 0 Å². The van der Waals surface area contributed by atoms with Crippen molar-refractivity contribution in [1.82, 2.24) is 0 Å². The van der Waals surface area contributed by atoms with Gasteiger partial charge in [0.1, 0.15) is 22.4 Å². The van der Waals surface area contributed by atoms with Crippen LogP contribution < -0.4 is 0 Å². The summed E-state index contributed by atoms with van der Waals surface area (Å²) in [4.78, 5) is 0. The Bertz CT molecular complexity index is 277. The second-order valence-electron chi connectivity index (χ2n) is 6.85. The predicted octanol–water partition coefficient (Wildman–Crippen LogP) is 3.87. The van der Waals surface area contributed by atoms with Gasteiger partial charge in [0.05, 0.1) is 0 Å². The summed E-state index contributed by atoms with van der Waals surface area (Å²) in [6.07, 6.45) is 0. The fraction of sp³-hybridized carbons (Fsp3) is 1.00. The molecule has 2 rings (SSSR count). The molecule has 0 bridgehead atoms. The van der Waals surface area contributed by atoms with Crippen LogP contribution in [0.3, 0.4) is 0 Å². The summed E-state index contributed by atoms with van der Waals surface area (Å²) in [7, 11) is -2.68. The van der Waals surface area contributed by atoms with Crippen molar-refractivity contribution < 1.29 is 18.1 Å². The Morgan fingerprint density at radius 3 is 0.824 bits per heavy atom. The van der Waals surface area contributed by atoms with Crippen molar-refractivity contribution in [2.45, 2.75) is 77.8 Å². The highest BCUT2D eigenvalue weighted by Crippen LogP contribution is 2.81. The lowest BCUT2D eigenvalue weighted by atomic mass is 9.90. The molecule has 100 valence electrons. The van der Waals surface area contributed by atoms with Crippen LogP contribution in [0.25, 0.3) is 0 Å². The van der Waals surface area contributed by atoms with Gasteiger partial charge < -0.3 is 0 Å². The summed E-state index contributed by atoms with van der Waals surface area (Å²) in [6.45, 7) is 16.1. The van der Waals surface area contributed by atoms with E-state index < -0.39 is 30.6 Å². The van der Waals surface area contributed by atoms with Crippen molar-refractivity contribution in [2.24, 2.45) is 0 Å². The highest BCUT2D eigenvalue weighted by atomic mass is 31.2. The molecule has 0 aromatic carbocycles. The molecule has 2 aliphatic heterocycles. The average molecular weight is 263 g/mol. The first-order valence-electron chi connectivity index (χ1n) is 6.05.